The molecule has 0 saturated heterocycles. The highest BCUT2D eigenvalue weighted by molar-refractivity contribution is 5.80. The zero-order chi connectivity index (χ0) is 20.2. The molecule has 4 nitrogen and oxygen atoms in total. The zero-order valence-corrected chi connectivity index (χ0v) is 16.4. The number of aryl methyl sites for hydroxylation is 1. The van der Waals surface area contributed by atoms with E-state index < -0.39 is 0 Å². The van der Waals surface area contributed by atoms with Crippen LogP contribution in [0.4, 0.5) is 0 Å². The Bertz CT molecular complexity index is 1240. The van der Waals surface area contributed by atoms with Crippen LogP contribution >= 0.6 is 0 Å². The van der Waals surface area contributed by atoms with E-state index >= 15 is 0 Å². The molecule has 4 aromatic rings. The summed E-state index contributed by atoms with van der Waals surface area (Å²) in [6, 6.07) is 23.8. The molecule has 0 spiro atoms. The number of fused-ring (bicyclic) bond motifs is 1. The molecule has 0 amide bonds. The van der Waals surface area contributed by atoms with Crippen LogP contribution in [0.25, 0.3) is 23.1 Å². The predicted octanol–water partition coefficient (Wildman–Crippen LogP) is 4.38. The fourth-order valence-corrected chi connectivity index (χ4v) is 3.40. The Morgan fingerprint density at radius 1 is 0.931 bits per heavy atom. The summed E-state index contributed by atoms with van der Waals surface area (Å²) in [5.74, 6) is 0.633. The first-order valence-electron chi connectivity index (χ1n) is 9.66. The van der Waals surface area contributed by atoms with Gasteiger partial charge in [-0.3, -0.25) is 9.36 Å². The quantitative estimate of drug-likeness (QED) is 0.558. The van der Waals surface area contributed by atoms with Gasteiger partial charge in [-0.1, -0.05) is 72.3 Å². The van der Waals surface area contributed by atoms with E-state index in [2.05, 4.69) is 0 Å². The van der Waals surface area contributed by atoms with Gasteiger partial charge in [-0.05, 0) is 41.8 Å². The van der Waals surface area contributed by atoms with Crippen molar-refractivity contribution in [3.8, 4) is 0 Å². The maximum Gasteiger partial charge on any atom is 0.261 e. The van der Waals surface area contributed by atoms with E-state index in [0.29, 0.717) is 29.8 Å². The molecule has 0 bridgehead atoms. The smallest absolute Gasteiger partial charge is 0.261 e. The van der Waals surface area contributed by atoms with Gasteiger partial charge >= 0.3 is 0 Å². The van der Waals surface area contributed by atoms with Crippen molar-refractivity contribution in [2.24, 2.45) is 5.73 Å². The van der Waals surface area contributed by atoms with Crippen molar-refractivity contribution in [2.45, 2.75) is 20.0 Å². The number of nitrogens with zero attached hydrogens (tertiary/aromatic N) is 2. The highest BCUT2D eigenvalue weighted by Gasteiger charge is 2.10. The second kappa shape index (κ2) is 8.25. The average Bonchev–Trinajstić information content (AvgIpc) is 2.76. The lowest BCUT2D eigenvalue weighted by molar-refractivity contribution is 0.737. The summed E-state index contributed by atoms with van der Waals surface area (Å²) < 4.78 is 1.73. The topological polar surface area (TPSA) is 60.9 Å². The van der Waals surface area contributed by atoms with Crippen molar-refractivity contribution in [3.63, 3.8) is 0 Å². The molecule has 29 heavy (non-hydrogen) atoms. The van der Waals surface area contributed by atoms with Gasteiger partial charge in [-0.15, -0.1) is 0 Å². The van der Waals surface area contributed by atoms with Crippen LogP contribution in [0.5, 0.6) is 0 Å². The normalized spacial score (nSPS) is 11.4. The molecule has 2 N–H and O–H groups in total. The summed E-state index contributed by atoms with van der Waals surface area (Å²) >= 11 is 0. The molecule has 0 fully saturated rings. The maximum absolute atomic E-state index is 13.3. The van der Waals surface area contributed by atoms with Gasteiger partial charge in [-0.25, -0.2) is 4.98 Å². The molecule has 4 heteroatoms. The lowest BCUT2D eigenvalue weighted by Gasteiger charge is -2.12. The molecule has 0 aliphatic heterocycles. The molecule has 0 saturated carbocycles. The second-order valence-electron chi connectivity index (χ2n) is 7.15. The molecule has 144 valence electrons. The van der Waals surface area contributed by atoms with Gasteiger partial charge in [0.05, 0.1) is 17.4 Å². The molecule has 3 aromatic carbocycles. The van der Waals surface area contributed by atoms with E-state index in [1.165, 1.54) is 0 Å². The molecule has 0 aliphatic carbocycles. The lowest BCUT2D eigenvalue weighted by Crippen LogP contribution is -2.24. The zero-order valence-electron chi connectivity index (χ0n) is 16.4. The Hall–Kier alpha value is -3.50. The third kappa shape index (κ3) is 4.18. The van der Waals surface area contributed by atoms with Gasteiger partial charge in [-0.2, -0.15) is 0 Å². The van der Waals surface area contributed by atoms with Crippen LogP contribution in [0, 0.1) is 6.92 Å². The summed E-state index contributed by atoms with van der Waals surface area (Å²) in [5, 5.41) is 0.636. The van der Waals surface area contributed by atoms with Crippen molar-refractivity contribution in [1.29, 1.82) is 0 Å². The van der Waals surface area contributed by atoms with Crippen LogP contribution in [-0.4, -0.2) is 9.55 Å². The van der Waals surface area contributed by atoms with E-state index in [1.807, 2.05) is 91.9 Å². The molecule has 0 unspecified atom stereocenters. The van der Waals surface area contributed by atoms with Gasteiger partial charge in [0.2, 0.25) is 0 Å². The van der Waals surface area contributed by atoms with Crippen LogP contribution in [0.3, 0.4) is 0 Å². The Balaban J connectivity index is 1.85. The summed E-state index contributed by atoms with van der Waals surface area (Å²) in [6.45, 7) is 2.90. The van der Waals surface area contributed by atoms with Gasteiger partial charge in [0.15, 0.2) is 0 Å². The van der Waals surface area contributed by atoms with Crippen LogP contribution in [0.2, 0.25) is 0 Å². The minimum absolute atomic E-state index is 0.0374. The predicted molar refractivity (Wildman–Crippen MR) is 120 cm³/mol. The number of hydrogen-bond acceptors (Lipinski definition) is 3. The fraction of sp³-hybridized carbons (Fsp3) is 0.120. The van der Waals surface area contributed by atoms with Gasteiger partial charge in [0.25, 0.3) is 5.56 Å². The summed E-state index contributed by atoms with van der Waals surface area (Å²) in [4.78, 5) is 18.1. The molecule has 0 aliphatic rings. The first-order chi connectivity index (χ1) is 14.1. The third-order valence-corrected chi connectivity index (χ3v) is 4.93. The van der Waals surface area contributed by atoms with E-state index in [0.717, 1.165) is 22.3 Å². The number of hydrogen-bond donors (Lipinski definition) is 1. The molecule has 0 radical (unpaired) electrons. The minimum atomic E-state index is -0.0374. The number of rotatable bonds is 5. The van der Waals surface area contributed by atoms with Gasteiger partial charge in [0.1, 0.15) is 5.82 Å². The summed E-state index contributed by atoms with van der Waals surface area (Å²) in [6.07, 6.45) is 3.89. The Kier molecular flexibility index (Phi) is 5.36. The third-order valence-electron chi connectivity index (χ3n) is 4.93. The molecule has 1 heterocycles. The number of benzene rings is 3. The molecule has 1 aromatic heterocycles. The largest absolute Gasteiger partial charge is 0.326 e. The highest BCUT2D eigenvalue weighted by atomic mass is 16.1. The SMILES string of the molecule is Cc1ccc2nc(/C=C/c3ccccc3)n(Cc3cccc(CN)c3)c(=O)c2c1. The standard InChI is InChI=1S/C25H23N3O/c1-18-10-12-23-22(14-18)25(29)28(17-21-9-5-8-20(15-21)16-26)24(27-23)13-11-19-6-3-2-4-7-19/h2-15H,16-17,26H2,1H3/b13-11+. The molecular formula is C25H23N3O. The average molecular weight is 381 g/mol. The number of aromatic nitrogens is 2. The Labute approximate surface area is 170 Å². The first-order valence-corrected chi connectivity index (χ1v) is 9.66. The van der Waals surface area contributed by atoms with Crippen molar-refractivity contribution < 1.29 is 0 Å². The highest BCUT2D eigenvalue weighted by Crippen LogP contribution is 2.15. The van der Waals surface area contributed by atoms with Gasteiger partial charge < -0.3 is 5.73 Å². The molecule has 4 rings (SSSR count). The fourth-order valence-electron chi connectivity index (χ4n) is 3.40. The van der Waals surface area contributed by atoms with Crippen molar-refractivity contribution >= 4 is 23.1 Å². The monoisotopic (exact) mass is 381 g/mol. The van der Waals surface area contributed by atoms with E-state index in [-0.39, 0.29) is 5.56 Å². The molecular weight excluding hydrogens is 358 g/mol. The van der Waals surface area contributed by atoms with E-state index in [9.17, 15) is 4.79 Å². The maximum atomic E-state index is 13.3. The van der Waals surface area contributed by atoms with E-state index in [1.54, 1.807) is 4.57 Å². The summed E-state index contributed by atoms with van der Waals surface area (Å²) in [5.41, 5.74) is 10.6. The molecule has 0 atom stereocenters. The van der Waals surface area contributed by atoms with Crippen LogP contribution in [0.1, 0.15) is 28.1 Å². The van der Waals surface area contributed by atoms with Crippen LogP contribution in [0.15, 0.2) is 77.6 Å². The lowest BCUT2D eigenvalue weighted by atomic mass is 10.1. The Morgan fingerprint density at radius 3 is 2.52 bits per heavy atom. The number of nitrogens with two attached hydrogens (primary N) is 1. The van der Waals surface area contributed by atoms with Crippen LogP contribution in [-0.2, 0) is 13.1 Å². The van der Waals surface area contributed by atoms with Gasteiger partial charge in [0, 0.05) is 6.54 Å². The Morgan fingerprint density at radius 2 is 1.72 bits per heavy atom. The van der Waals surface area contributed by atoms with Crippen molar-refractivity contribution in [1.82, 2.24) is 9.55 Å². The minimum Gasteiger partial charge on any atom is -0.326 e. The van der Waals surface area contributed by atoms with Crippen LogP contribution < -0.4 is 11.3 Å². The van der Waals surface area contributed by atoms with Crippen molar-refractivity contribution in [3.05, 3.63) is 111 Å². The van der Waals surface area contributed by atoms with Crippen molar-refractivity contribution in [2.75, 3.05) is 0 Å². The second-order valence-corrected chi connectivity index (χ2v) is 7.15. The summed E-state index contributed by atoms with van der Waals surface area (Å²) in [7, 11) is 0. The van der Waals surface area contributed by atoms with E-state index in [4.69, 9.17) is 10.7 Å². The first kappa shape index (κ1) is 18.8.